The van der Waals surface area contributed by atoms with Crippen molar-refractivity contribution in [1.29, 1.82) is 0 Å². The van der Waals surface area contributed by atoms with Crippen LogP contribution in [0.3, 0.4) is 0 Å². The zero-order valence-electron chi connectivity index (χ0n) is 17.1. The van der Waals surface area contributed by atoms with Gasteiger partial charge in [0.1, 0.15) is 11.1 Å². The van der Waals surface area contributed by atoms with Crippen molar-refractivity contribution < 1.29 is 24.3 Å². The molecule has 4 amide bonds. The van der Waals surface area contributed by atoms with Crippen molar-refractivity contribution in [1.82, 2.24) is 9.47 Å². The van der Waals surface area contributed by atoms with Gasteiger partial charge >= 0.3 is 0 Å². The number of aromatic nitrogens is 1. The Hall–Kier alpha value is -3.22. The van der Waals surface area contributed by atoms with E-state index in [9.17, 15) is 29.1 Å². The van der Waals surface area contributed by atoms with Gasteiger partial charge in [-0.1, -0.05) is 28.7 Å². The van der Waals surface area contributed by atoms with Crippen LogP contribution in [-0.2, 0) is 18.9 Å². The molecule has 0 bridgehead atoms. The van der Waals surface area contributed by atoms with Gasteiger partial charge in [0.05, 0.1) is 4.55 Å². The van der Waals surface area contributed by atoms with Gasteiger partial charge in [-0.05, 0) is 44.1 Å². The minimum atomic E-state index is -0.950. The summed E-state index contributed by atoms with van der Waals surface area (Å²) >= 11 is 1.85. The summed E-state index contributed by atoms with van der Waals surface area (Å²) in [7, 11) is 0. The van der Waals surface area contributed by atoms with E-state index in [4.69, 9.17) is 11.5 Å². The summed E-state index contributed by atoms with van der Waals surface area (Å²) in [5.74, 6) is -3.74. The van der Waals surface area contributed by atoms with Crippen molar-refractivity contribution in [3.63, 3.8) is 0 Å². The second-order valence-electron chi connectivity index (χ2n) is 6.61. The second-order valence-corrected chi connectivity index (χ2v) is 7.29. The zero-order chi connectivity index (χ0) is 23.6. The first-order valence-electron chi connectivity index (χ1n) is 9.07. The molecule has 0 fully saturated rings. The molecule has 0 atom stereocenters. The molecule has 0 aliphatic carbocycles. The number of nitrogens with two attached hydrogens (primary N) is 2. The quantitative estimate of drug-likeness (QED) is 0.156. The average molecular weight is 540 g/mol. The molecule has 1 aliphatic heterocycles. The predicted octanol–water partition coefficient (Wildman–Crippen LogP) is 0.484. The first kappa shape index (κ1) is 24.1. The number of likely N-dealkylation sites (N-methyl/N-ethyl adjacent to an activating group) is 1. The largest absolute Gasteiger partial charge is 0.494 e. The average Bonchev–Trinajstić information content (AvgIpc) is 2.66. The van der Waals surface area contributed by atoms with E-state index < -0.39 is 35.1 Å². The van der Waals surface area contributed by atoms with Crippen LogP contribution in [0.5, 0.6) is 5.88 Å². The van der Waals surface area contributed by atoms with Crippen LogP contribution in [-0.4, -0.2) is 44.7 Å². The Bertz CT molecular complexity index is 1160. The molecule has 0 saturated carbocycles. The molecule has 10 nitrogen and oxygen atoms in total. The lowest BCUT2D eigenvalue weighted by molar-refractivity contribution is -0.141. The van der Waals surface area contributed by atoms with Crippen molar-refractivity contribution in [3.8, 4) is 5.88 Å². The molecule has 0 aromatic carbocycles. The fourth-order valence-electron chi connectivity index (χ4n) is 3.28. The number of hydrogen-bond acceptors (Lipinski definition) is 6. The lowest BCUT2D eigenvalue weighted by atomic mass is 9.93. The number of carbonyl (C=O) groups is 4. The van der Waals surface area contributed by atoms with Crippen LogP contribution in [0.1, 0.15) is 35.3 Å². The Morgan fingerprint density at radius 3 is 2.19 bits per heavy atom. The Labute approximate surface area is 191 Å². The first-order chi connectivity index (χ1) is 14.5. The van der Waals surface area contributed by atoms with Crippen LogP contribution in [0.4, 0.5) is 0 Å². The highest BCUT2D eigenvalue weighted by atomic mass is 127. The lowest BCUT2D eigenvalue weighted by Gasteiger charge is -2.27. The number of nitrogens with zero attached hydrogens (tertiary/aromatic N) is 2. The van der Waals surface area contributed by atoms with E-state index >= 15 is 0 Å². The molecule has 2 rings (SSSR count). The van der Waals surface area contributed by atoms with Crippen LogP contribution in [0.2, 0.25) is 0 Å². The van der Waals surface area contributed by atoms with E-state index in [0.717, 1.165) is 9.47 Å². The third-order valence-corrected chi connectivity index (χ3v) is 5.58. The lowest BCUT2D eigenvalue weighted by Crippen LogP contribution is -2.45. The molecule has 11 heteroatoms. The van der Waals surface area contributed by atoms with Gasteiger partial charge in [0.15, 0.2) is 0 Å². The summed E-state index contributed by atoms with van der Waals surface area (Å²) in [6, 6.07) is 0. The van der Waals surface area contributed by atoms with Gasteiger partial charge in [-0.25, -0.2) is 0 Å². The number of allylic oxidation sites excluding steroid dienone is 2. The Morgan fingerprint density at radius 2 is 1.71 bits per heavy atom. The number of primary amides is 2. The van der Waals surface area contributed by atoms with Gasteiger partial charge in [-0.2, -0.15) is 0 Å². The monoisotopic (exact) mass is 540 g/mol. The fraction of sp³-hybridized carbons (Fsp3) is 0.250. The number of carbonyl (C=O) groups excluding carboxylic acids is 4. The first-order valence-corrected chi connectivity index (χ1v) is 10.6. The Balaban J connectivity index is 2.68. The summed E-state index contributed by atoms with van der Waals surface area (Å²) in [5.41, 5.74) is 10.1. The van der Waals surface area contributed by atoms with Crippen LogP contribution in [0.15, 0.2) is 33.7 Å². The molecular weight excluding hydrogens is 519 g/mol. The number of pyridine rings is 1. The van der Waals surface area contributed by atoms with Crippen molar-refractivity contribution in [2.24, 2.45) is 11.5 Å². The Kier molecular flexibility index (Phi) is 7.21. The van der Waals surface area contributed by atoms with Gasteiger partial charge in [0, 0.05) is 17.7 Å². The highest BCUT2D eigenvalue weighted by Crippen LogP contribution is 2.26. The SMILES string of the molecule is CCN1C(=O)C(=CC=Cc2c(C)c(C(N)=O)c(O)n(CI)c2=O)C(C)=C(C(N)=O)C1=O. The Morgan fingerprint density at radius 1 is 1.10 bits per heavy atom. The second kappa shape index (κ2) is 9.29. The molecule has 31 heavy (non-hydrogen) atoms. The van der Waals surface area contributed by atoms with E-state index in [1.807, 2.05) is 22.6 Å². The maximum atomic E-state index is 12.7. The van der Waals surface area contributed by atoms with Gasteiger partial charge < -0.3 is 16.6 Å². The van der Waals surface area contributed by atoms with E-state index in [-0.39, 0.29) is 44.5 Å². The minimum Gasteiger partial charge on any atom is -0.494 e. The third kappa shape index (κ3) is 4.17. The van der Waals surface area contributed by atoms with Gasteiger partial charge in [0.25, 0.3) is 29.2 Å². The number of halogens is 1. The third-order valence-electron chi connectivity index (χ3n) is 4.90. The molecular formula is C20H21IN4O6. The molecule has 1 aliphatic rings. The molecule has 0 unspecified atom stereocenters. The predicted molar refractivity (Wildman–Crippen MR) is 121 cm³/mol. The van der Waals surface area contributed by atoms with Gasteiger partial charge in [0.2, 0.25) is 5.88 Å². The molecule has 164 valence electrons. The van der Waals surface area contributed by atoms with Gasteiger partial charge in [-0.3, -0.25) is 33.4 Å². The summed E-state index contributed by atoms with van der Waals surface area (Å²) in [6.45, 7) is 4.52. The number of aromatic hydroxyl groups is 1. The minimum absolute atomic E-state index is 0.0438. The van der Waals surface area contributed by atoms with Crippen molar-refractivity contribution >= 4 is 52.3 Å². The molecule has 5 N–H and O–H groups in total. The summed E-state index contributed by atoms with van der Waals surface area (Å²) < 4.78 is 1.06. The van der Waals surface area contributed by atoms with Crippen LogP contribution >= 0.6 is 22.6 Å². The fourth-order valence-corrected chi connectivity index (χ4v) is 3.92. The smallest absolute Gasteiger partial charge is 0.266 e. The topological polar surface area (TPSA) is 166 Å². The number of rotatable bonds is 6. The number of alkyl halides is 1. The number of imide groups is 1. The van der Waals surface area contributed by atoms with E-state index in [2.05, 4.69) is 0 Å². The van der Waals surface area contributed by atoms with Crippen molar-refractivity contribution in [2.75, 3.05) is 6.54 Å². The van der Waals surface area contributed by atoms with Crippen LogP contribution < -0.4 is 17.0 Å². The standard InChI is InChI=1S/C20H21IN4O6/c1-4-24-17(28)11(9(2)13(15(22)26)19(24)30)6-5-7-12-10(3)14(16(23)27)20(31)25(8-21)18(12)29/h5-7,31H,4,8H2,1-3H3,(H2,22,26)(H2,23,27). The maximum Gasteiger partial charge on any atom is 0.266 e. The van der Waals surface area contributed by atoms with Crippen LogP contribution in [0, 0.1) is 6.92 Å². The summed E-state index contributed by atoms with van der Waals surface area (Å²) in [4.78, 5) is 62.1. The maximum absolute atomic E-state index is 12.7. The molecule has 0 radical (unpaired) electrons. The van der Waals surface area contributed by atoms with E-state index in [1.165, 1.54) is 32.1 Å². The van der Waals surface area contributed by atoms with Crippen molar-refractivity contribution in [3.05, 3.63) is 55.9 Å². The molecule has 1 aromatic heterocycles. The summed E-state index contributed by atoms with van der Waals surface area (Å²) in [5, 5.41) is 10.2. The van der Waals surface area contributed by atoms with E-state index in [1.54, 1.807) is 6.92 Å². The van der Waals surface area contributed by atoms with Gasteiger partial charge in [-0.15, -0.1) is 0 Å². The zero-order valence-corrected chi connectivity index (χ0v) is 19.2. The van der Waals surface area contributed by atoms with E-state index in [0.29, 0.717) is 0 Å². The highest BCUT2D eigenvalue weighted by molar-refractivity contribution is 14.1. The highest BCUT2D eigenvalue weighted by Gasteiger charge is 2.36. The summed E-state index contributed by atoms with van der Waals surface area (Å²) in [6.07, 6.45) is 4.08. The molecule has 1 aromatic rings. The number of hydrogen-bond donors (Lipinski definition) is 3. The number of amides is 4. The molecule has 0 spiro atoms. The molecule has 2 heterocycles. The molecule has 0 saturated heterocycles. The van der Waals surface area contributed by atoms with Crippen molar-refractivity contribution in [2.45, 2.75) is 25.3 Å². The van der Waals surface area contributed by atoms with Crippen LogP contribution in [0.25, 0.3) is 6.08 Å². The normalized spacial score (nSPS) is 16.0.